The Bertz CT molecular complexity index is 237. The fourth-order valence-electron chi connectivity index (χ4n) is 1.69. The predicted octanol–water partition coefficient (Wildman–Crippen LogP) is 0.227. The van der Waals surface area contributed by atoms with Gasteiger partial charge in [-0.3, -0.25) is 4.79 Å². The topological polar surface area (TPSA) is 78.8 Å². The largest absolute Gasteiger partial charge is 0.481 e. The summed E-state index contributed by atoms with van der Waals surface area (Å²) in [5.74, 6) is -1.14. The van der Waals surface area contributed by atoms with Crippen LogP contribution in [0.3, 0.4) is 0 Å². The van der Waals surface area contributed by atoms with Crippen LogP contribution in [0.2, 0.25) is 0 Å². The maximum Gasteiger partial charge on any atom is 0.307 e. The third-order valence-corrected chi connectivity index (χ3v) is 2.73. The SMILES string of the molecule is CC(C)(O)CCOC1CNCC(C(=O)O)C1. The van der Waals surface area contributed by atoms with Crippen LogP contribution in [0.5, 0.6) is 0 Å². The maximum atomic E-state index is 10.8. The first-order valence-corrected chi connectivity index (χ1v) is 5.66. The Hall–Kier alpha value is -0.650. The van der Waals surface area contributed by atoms with Gasteiger partial charge in [-0.2, -0.15) is 0 Å². The molecule has 0 aromatic rings. The van der Waals surface area contributed by atoms with Crippen LogP contribution in [0, 0.1) is 5.92 Å². The summed E-state index contributed by atoms with van der Waals surface area (Å²) >= 11 is 0. The molecule has 1 aliphatic rings. The van der Waals surface area contributed by atoms with E-state index >= 15 is 0 Å². The monoisotopic (exact) mass is 231 g/mol. The Morgan fingerprint density at radius 3 is 2.75 bits per heavy atom. The van der Waals surface area contributed by atoms with Crippen LogP contribution in [0.4, 0.5) is 0 Å². The van der Waals surface area contributed by atoms with E-state index in [9.17, 15) is 9.90 Å². The van der Waals surface area contributed by atoms with Crippen LogP contribution in [0.15, 0.2) is 0 Å². The molecule has 1 fully saturated rings. The third kappa shape index (κ3) is 4.92. The summed E-state index contributed by atoms with van der Waals surface area (Å²) in [7, 11) is 0. The van der Waals surface area contributed by atoms with E-state index in [0.29, 0.717) is 32.5 Å². The molecule has 1 rings (SSSR count). The Kier molecular flexibility index (Phi) is 4.70. The van der Waals surface area contributed by atoms with Crippen molar-refractivity contribution in [2.45, 2.75) is 38.4 Å². The molecular weight excluding hydrogens is 210 g/mol. The van der Waals surface area contributed by atoms with Gasteiger partial charge in [0.05, 0.1) is 17.6 Å². The van der Waals surface area contributed by atoms with Gasteiger partial charge in [0.1, 0.15) is 0 Å². The Balaban J connectivity index is 2.24. The van der Waals surface area contributed by atoms with Gasteiger partial charge in [0.15, 0.2) is 0 Å². The molecule has 2 unspecified atom stereocenters. The molecule has 16 heavy (non-hydrogen) atoms. The summed E-state index contributed by atoms with van der Waals surface area (Å²) in [6, 6.07) is 0. The van der Waals surface area contributed by atoms with E-state index in [1.807, 2.05) is 0 Å². The highest BCUT2D eigenvalue weighted by molar-refractivity contribution is 5.70. The Morgan fingerprint density at radius 2 is 2.19 bits per heavy atom. The second-order valence-electron chi connectivity index (χ2n) is 4.98. The van der Waals surface area contributed by atoms with Gasteiger partial charge in [-0.15, -0.1) is 0 Å². The second kappa shape index (κ2) is 5.61. The minimum Gasteiger partial charge on any atom is -0.481 e. The molecule has 0 aromatic heterocycles. The molecule has 1 aliphatic heterocycles. The first kappa shape index (κ1) is 13.4. The van der Waals surface area contributed by atoms with Crippen molar-refractivity contribution in [3.8, 4) is 0 Å². The number of piperidine rings is 1. The number of hydrogen-bond acceptors (Lipinski definition) is 4. The standard InChI is InChI=1S/C11H21NO4/c1-11(2,15)3-4-16-9-5-8(10(13)14)6-12-7-9/h8-9,12,15H,3-7H2,1-2H3,(H,13,14). The number of rotatable bonds is 5. The van der Waals surface area contributed by atoms with Crippen LogP contribution in [-0.4, -0.2) is 47.6 Å². The smallest absolute Gasteiger partial charge is 0.307 e. The van der Waals surface area contributed by atoms with E-state index in [-0.39, 0.29) is 12.0 Å². The number of carboxylic acids is 1. The number of carbonyl (C=O) groups is 1. The lowest BCUT2D eigenvalue weighted by Crippen LogP contribution is -2.44. The molecule has 0 saturated carbocycles. The van der Waals surface area contributed by atoms with Gasteiger partial charge in [-0.05, 0) is 26.7 Å². The zero-order valence-corrected chi connectivity index (χ0v) is 9.90. The average Bonchev–Trinajstić information content (AvgIpc) is 2.16. The van der Waals surface area contributed by atoms with Gasteiger partial charge < -0.3 is 20.3 Å². The summed E-state index contributed by atoms with van der Waals surface area (Å²) in [6.07, 6.45) is 1.05. The molecule has 0 aromatic carbocycles. The summed E-state index contributed by atoms with van der Waals surface area (Å²) < 4.78 is 5.55. The molecule has 5 heteroatoms. The molecule has 94 valence electrons. The van der Waals surface area contributed by atoms with Crippen molar-refractivity contribution >= 4 is 5.97 Å². The predicted molar refractivity (Wildman–Crippen MR) is 59.3 cm³/mol. The van der Waals surface area contributed by atoms with Crippen molar-refractivity contribution in [1.29, 1.82) is 0 Å². The Labute approximate surface area is 95.8 Å². The Morgan fingerprint density at radius 1 is 1.50 bits per heavy atom. The van der Waals surface area contributed by atoms with Crippen LogP contribution in [-0.2, 0) is 9.53 Å². The van der Waals surface area contributed by atoms with Gasteiger partial charge in [0, 0.05) is 19.7 Å². The molecule has 5 nitrogen and oxygen atoms in total. The number of hydrogen-bond donors (Lipinski definition) is 3. The van der Waals surface area contributed by atoms with E-state index in [4.69, 9.17) is 9.84 Å². The highest BCUT2D eigenvalue weighted by atomic mass is 16.5. The number of aliphatic carboxylic acids is 1. The van der Waals surface area contributed by atoms with Crippen molar-refractivity contribution < 1.29 is 19.7 Å². The zero-order chi connectivity index (χ0) is 12.2. The third-order valence-electron chi connectivity index (χ3n) is 2.73. The van der Waals surface area contributed by atoms with Crippen LogP contribution < -0.4 is 5.32 Å². The lowest BCUT2D eigenvalue weighted by Gasteiger charge is -2.28. The number of nitrogens with one attached hydrogen (secondary N) is 1. The molecule has 0 bridgehead atoms. The summed E-state index contributed by atoms with van der Waals surface area (Å²) in [6.45, 7) is 5.13. The number of ether oxygens (including phenoxy) is 1. The van der Waals surface area contributed by atoms with Gasteiger partial charge in [-0.25, -0.2) is 0 Å². The molecule has 0 radical (unpaired) electrons. The van der Waals surface area contributed by atoms with E-state index < -0.39 is 11.6 Å². The van der Waals surface area contributed by atoms with Crippen LogP contribution in [0.25, 0.3) is 0 Å². The van der Waals surface area contributed by atoms with E-state index in [0.717, 1.165) is 0 Å². The number of aliphatic hydroxyl groups is 1. The minimum absolute atomic E-state index is 0.0581. The van der Waals surface area contributed by atoms with Crippen molar-refractivity contribution in [3.05, 3.63) is 0 Å². The molecule has 0 spiro atoms. The molecule has 2 atom stereocenters. The summed E-state index contributed by atoms with van der Waals surface area (Å²) in [5, 5.41) is 21.4. The fourth-order valence-corrected chi connectivity index (χ4v) is 1.69. The molecular formula is C11H21NO4. The quantitative estimate of drug-likeness (QED) is 0.631. The normalized spacial score (nSPS) is 26.7. The maximum absolute atomic E-state index is 10.8. The van der Waals surface area contributed by atoms with Crippen molar-refractivity contribution in [1.82, 2.24) is 5.32 Å². The molecule has 1 heterocycles. The van der Waals surface area contributed by atoms with E-state index in [2.05, 4.69) is 5.32 Å². The van der Waals surface area contributed by atoms with Crippen LogP contribution in [0.1, 0.15) is 26.7 Å². The number of carboxylic acid groups (broad SMARTS) is 1. The highest BCUT2D eigenvalue weighted by Gasteiger charge is 2.27. The lowest BCUT2D eigenvalue weighted by atomic mass is 9.97. The van der Waals surface area contributed by atoms with Gasteiger partial charge in [0.25, 0.3) is 0 Å². The van der Waals surface area contributed by atoms with Gasteiger partial charge in [-0.1, -0.05) is 0 Å². The van der Waals surface area contributed by atoms with Crippen LogP contribution >= 0.6 is 0 Å². The van der Waals surface area contributed by atoms with Crippen molar-refractivity contribution in [2.24, 2.45) is 5.92 Å². The fraction of sp³-hybridized carbons (Fsp3) is 0.909. The second-order valence-corrected chi connectivity index (χ2v) is 4.98. The van der Waals surface area contributed by atoms with Crippen molar-refractivity contribution in [3.63, 3.8) is 0 Å². The lowest BCUT2D eigenvalue weighted by molar-refractivity contribution is -0.144. The average molecular weight is 231 g/mol. The first-order chi connectivity index (χ1) is 7.38. The summed E-state index contributed by atoms with van der Waals surface area (Å²) in [4.78, 5) is 10.8. The molecule has 0 aliphatic carbocycles. The van der Waals surface area contributed by atoms with Crippen molar-refractivity contribution in [2.75, 3.05) is 19.7 Å². The minimum atomic E-state index is -0.775. The van der Waals surface area contributed by atoms with E-state index in [1.54, 1.807) is 13.8 Å². The summed E-state index contributed by atoms with van der Waals surface area (Å²) in [5.41, 5.74) is -0.728. The molecule has 1 saturated heterocycles. The highest BCUT2D eigenvalue weighted by Crippen LogP contribution is 2.15. The first-order valence-electron chi connectivity index (χ1n) is 5.66. The van der Waals surface area contributed by atoms with Gasteiger partial charge in [0.2, 0.25) is 0 Å². The van der Waals surface area contributed by atoms with Gasteiger partial charge >= 0.3 is 5.97 Å². The molecule has 3 N–H and O–H groups in total. The zero-order valence-electron chi connectivity index (χ0n) is 9.90. The molecule has 0 amide bonds. The van der Waals surface area contributed by atoms with E-state index in [1.165, 1.54) is 0 Å².